The summed E-state index contributed by atoms with van der Waals surface area (Å²) in [7, 11) is 5.43. The van der Waals surface area contributed by atoms with Gasteiger partial charge in [0.15, 0.2) is 11.7 Å². The van der Waals surface area contributed by atoms with Gasteiger partial charge in [-0.15, -0.1) is 0 Å². The quantitative estimate of drug-likeness (QED) is 0.494. The lowest BCUT2D eigenvalue weighted by Crippen LogP contribution is -2.03. The van der Waals surface area contributed by atoms with E-state index in [4.69, 9.17) is 17.1 Å². The van der Waals surface area contributed by atoms with Crippen molar-refractivity contribution in [3.05, 3.63) is 45.9 Å². The Bertz CT molecular complexity index is 800. The summed E-state index contributed by atoms with van der Waals surface area (Å²) < 4.78 is 10.5. The van der Waals surface area contributed by atoms with Crippen LogP contribution in [0.1, 0.15) is 39.9 Å². The molecule has 5 nitrogen and oxygen atoms in total. The minimum Gasteiger partial charge on any atom is -0.565 e. The van der Waals surface area contributed by atoms with E-state index in [0.29, 0.717) is 23.0 Å². The molecule has 0 amide bonds. The van der Waals surface area contributed by atoms with E-state index in [9.17, 15) is 5.26 Å². The van der Waals surface area contributed by atoms with E-state index >= 15 is 0 Å². The van der Waals surface area contributed by atoms with E-state index in [1.807, 2.05) is 26.8 Å². The van der Waals surface area contributed by atoms with Crippen molar-refractivity contribution >= 4 is 19.4 Å². The molecule has 6 heteroatoms. The van der Waals surface area contributed by atoms with Crippen LogP contribution in [0.15, 0.2) is 10.5 Å². The molecule has 2 rings (SSSR count). The van der Waals surface area contributed by atoms with Gasteiger partial charge in [0.25, 0.3) is 0 Å². The van der Waals surface area contributed by atoms with E-state index in [2.05, 4.69) is 16.0 Å². The number of hydrogen-bond donors (Lipinski definition) is 0. The van der Waals surface area contributed by atoms with Crippen molar-refractivity contribution in [2.75, 3.05) is 0 Å². The number of aryl methyl sites for hydroxylation is 4. The Morgan fingerprint density at radius 3 is 2.41 bits per heavy atom. The topological polar surface area (TPSA) is 71.9 Å². The minimum atomic E-state index is 0.182. The van der Waals surface area contributed by atoms with E-state index in [0.717, 1.165) is 16.8 Å². The predicted octanol–water partition coefficient (Wildman–Crippen LogP) is 3.10. The molecule has 0 N–H and O–H groups in total. The fraction of sp³-hybridized carbons (Fsp3) is 0.312. The van der Waals surface area contributed by atoms with E-state index in [1.165, 1.54) is 0 Å². The molecule has 22 heavy (non-hydrogen) atoms. The first kappa shape index (κ1) is 15.8. The second-order valence-electron chi connectivity index (χ2n) is 5.14. The molecule has 0 bridgehead atoms. The highest BCUT2D eigenvalue weighted by molar-refractivity contribution is 6.06. The molecule has 2 heterocycles. The second-order valence-corrected chi connectivity index (χ2v) is 5.14. The third-order valence-corrected chi connectivity index (χ3v) is 3.46. The third kappa shape index (κ3) is 2.75. The summed E-state index contributed by atoms with van der Waals surface area (Å²) >= 11 is 0. The fourth-order valence-electron chi connectivity index (χ4n) is 2.32. The maximum absolute atomic E-state index is 9.55. The Morgan fingerprint density at radius 2 is 1.91 bits per heavy atom. The Morgan fingerprint density at radius 1 is 1.23 bits per heavy atom. The summed E-state index contributed by atoms with van der Waals surface area (Å²) in [6.07, 6.45) is 0. The van der Waals surface area contributed by atoms with Gasteiger partial charge in [-0.1, -0.05) is 0 Å². The summed E-state index contributed by atoms with van der Waals surface area (Å²) in [6.45, 7) is 9.23. The monoisotopic (exact) mass is 293 g/mol. The van der Waals surface area contributed by atoms with Gasteiger partial charge in [-0.3, -0.25) is 0 Å². The second kappa shape index (κ2) is 6.06. The van der Waals surface area contributed by atoms with Crippen LogP contribution < -0.4 is 0 Å². The summed E-state index contributed by atoms with van der Waals surface area (Å²) in [6, 6.07) is 4.05. The van der Waals surface area contributed by atoms with Gasteiger partial charge in [0.2, 0.25) is 0 Å². The number of allylic oxidation sites excluding steroid dienone is 1. The normalized spacial score (nSPS) is 11.8. The van der Waals surface area contributed by atoms with Crippen LogP contribution in [0.4, 0.5) is 0 Å². The van der Waals surface area contributed by atoms with Gasteiger partial charge in [-0.2, -0.15) is 5.26 Å². The Labute approximate surface area is 131 Å². The van der Waals surface area contributed by atoms with Gasteiger partial charge in [-0.25, -0.2) is 9.97 Å². The molecule has 0 aliphatic heterocycles. The fourth-order valence-corrected chi connectivity index (χ4v) is 2.32. The molecule has 0 fully saturated rings. The summed E-state index contributed by atoms with van der Waals surface area (Å²) in [5.41, 5.74) is 4.07. The van der Waals surface area contributed by atoms with Crippen molar-refractivity contribution < 1.29 is 9.07 Å². The van der Waals surface area contributed by atoms with Crippen LogP contribution in [-0.2, 0) is 4.65 Å². The molecule has 0 spiro atoms. The first-order chi connectivity index (χ1) is 10.4. The van der Waals surface area contributed by atoms with Crippen molar-refractivity contribution in [2.45, 2.75) is 34.6 Å². The molecular formula is C16H16BN3O2. The molecule has 2 radical (unpaired) electrons. The highest BCUT2D eigenvalue weighted by atomic mass is 16.4. The van der Waals surface area contributed by atoms with Gasteiger partial charge >= 0.3 is 8.05 Å². The van der Waals surface area contributed by atoms with Gasteiger partial charge in [0, 0.05) is 12.6 Å². The lowest BCUT2D eigenvalue weighted by atomic mass is 10.0. The predicted molar refractivity (Wildman–Crippen MR) is 83.7 cm³/mol. The van der Waals surface area contributed by atoms with Crippen LogP contribution in [0.2, 0.25) is 0 Å². The Hall–Kier alpha value is -2.55. The SMILES string of the molecule is [B]OC(=C(C#N)c1oc(C)nc1C)c1nc(C)cc(C)c1C. The van der Waals surface area contributed by atoms with Crippen LogP contribution in [0.5, 0.6) is 0 Å². The van der Waals surface area contributed by atoms with Crippen molar-refractivity contribution in [3.63, 3.8) is 0 Å². The Kier molecular flexibility index (Phi) is 4.36. The highest BCUT2D eigenvalue weighted by Crippen LogP contribution is 2.30. The van der Waals surface area contributed by atoms with Crippen LogP contribution in [0, 0.1) is 45.9 Å². The summed E-state index contributed by atoms with van der Waals surface area (Å²) in [5, 5.41) is 9.55. The lowest BCUT2D eigenvalue weighted by Gasteiger charge is -2.14. The number of nitriles is 1. The van der Waals surface area contributed by atoms with Crippen LogP contribution in [-0.4, -0.2) is 18.0 Å². The number of rotatable bonds is 3. The third-order valence-electron chi connectivity index (χ3n) is 3.46. The number of oxazole rings is 1. The first-order valence-electron chi connectivity index (χ1n) is 6.79. The number of nitrogens with zero attached hydrogens (tertiary/aromatic N) is 3. The number of pyridine rings is 1. The van der Waals surface area contributed by atoms with E-state index < -0.39 is 0 Å². The first-order valence-corrected chi connectivity index (χ1v) is 6.79. The van der Waals surface area contributed by atoms with E-state index in [-0.39, 0.29) is 11.3 Å². The number of aromatic nitrogens is 2. The highest BCUT2D eigenvalue weighted by Gasteiger charge is 2.21. The smallest absolute Gasteiger partial charge is 0.374 e. The molecule has 110 valence electrons. The minimum absolute atomic E-state index is 0.182. The van der Waals surface area contributed by atoms with Gasteiger partial charge in [-0.05, 0) is 44.9 Å². The van der Waals surface area contributed by atoms with Gasteiger partial charge < -0.3 is 9.07 Å². The molecule has 0 atom stereocenters. The zero-order chi connectivity index (χ0) is 16.4. The molecule has 0 aliphatic rings. The summed E-state index contributed by atoms with van der Waals surface area (Å²) in [5.74, 6) is 1.01. The zero-order valence-corrected chi connectivity index (χ0v) is 13.3. The molecule has 2 aromatic heterocycles. The van der Waals surface area contributed by atoms with E-state index in [1.54, 1.807) is 13.8 Å². The van der Waals surface area contributed by atoms with Crippen molar-refractivity contribution in [1.82, 2.24) is 9.97 Å². The van der Waals surface area contributed by atoms with Crippen LogP contribution in [0.3, 0.4) is 0 Å². The standard InChI is InChI=1S/C16H16BN3O2/c1-8-6-9(2)19-14(10(8)3)16(22-17)13(7-18)15-11(4)20-12(5)21-15/h6H,1-5H3. The van der Waals surface area contributed by atoms with Crippen molar-refractivity contribution in [3.8, 4) is 6.07 Å². The van der Waals surface area contributed by atoms with Gasteiger partial charge in [0.05, 0.1) is 5.69 Å². The molecule has 0 unspecified atom stereocenters. The van der Waals surface area contributed by atoms with Crippen LogP contribution in [0.25, 0.3) is 11.3 Å². The average Bonchev–Trinajstić information content (AvgIpc) is 2.79. The van der Waals surface area contributed by atoms with Crippen molar-refractivity contribution in [1.29, 1.82) is 5.26 Å². The molecule has 0 aromatic carbocycles. The molecule has 0 saturated carbocycles. The van der Waals surface area contributed by atoms with Crippen LogP contribution >= 0.6 is 0 Å². The maximum Gasteiger partial charge on any atom is 0.374 e. The van der Waals surface area contributed by atoms with Crippen molar-refractivity contribution in [2.24, 2.45) is 0 Å². The largest absolute Gasteiger partial charge is 0.565 e. The maximum atomic E-state index is 9.55. The number of hydrogen-bond acceptors (Lipinski definition) is 5. The Balaban J connectivity index is 2.78. The molecule has 2 aromatic rings. The summed E-state index contributed by atoms with van der Waals surface area (Å²) in [4.78, 5) is 8.64. The van der Waals surface area contributed by atoms with Gasteiger partial charge in [0.1, 0.15) is 23.1 Å². The molecule has 0 aliphatic carbocycles. The zero-order valence-electron chi connectivity index (χ0n) is 13.3. The lowest BCUT2D eigenvalue weighted by molar-refractivity contribution is 0.506. The average molecular weight is 293 g/mol. The molecular weight excluding hydrogens is 277 g/mol. The molecule has 0 saturated heterocycles.